The van der Waals surface area contributed by atoms with Crippen LogP contribution in [0.1, 0.15) is 44.7 Å². The Labute approximate surface area is 167 Å². The van der Waals surface area contributed by atoms with Crippen molar-refractivity contribution >= 4 is 23.1 Å². The van der Waals surface area contributed by atoms with Crippen molar-refractivity contribution in [3.63, 3.8) is 0 Å². The number of allylic oxidation sites excluding steroid dienone is 1. The fourth-order valence-electron chi connectivity index (χ4n) is 5.24. The van der Waals surface area contributed by atoms with Crippen molar-refractivity contribution in [1.29, 1.82) is 0 Å². The second-order valence-electron chi connectivity index (χ2n) is 8.67. The molecule has 1 aromatic rings. The fraction of sp³-hybridized carbons (Fsp3) is 0.409. The highest BCUT2D eigenvalue weighted by atomic mass is 16.3. The molecule has 29 heavy (non-hydrogen) atoms. The van der Waals surface area contributed by atoms with Crippen LogP contribution in [0.4, 0.5) is 0 Å². The number of rotatable bonds is 1. The first-order valence-corrected chi connectivity index (χ1v) is 9.45. The molecule has 4 rings (SSSR count). The Morgan fingerprint density at radius 3 is 2.41 bits per heavy atom. The smallest absolute Gasteiger partial charge is 0.202 e. The third kappa shape index (κ3) is 2.25. The number of aliphatic hydroxyl groups excluding tert-OH is 2. The Morgan fingerprint density at radius 1 is 1.14 bits per heavy atom. The van der Waals surface area contributed by atoms with Gasteiger partial charge in [0.15, 0.2) is 17.2 Å². The second-order valence-corrected chi connectivity index (χ2v) is 8.67. The Hall–Kier alpha value is -2.93. The van der Waals surface area contributed by atoms with Crippen molar-refractivity contribution in [2.45, 2.75) is 44.6 Å². The number of hydrogen-bond acceptors (Lipinski definition) is 7. The highest BCUT2D eigenvalue weighted by molar-refractivity contribution is 6.23. The monoisotopic (exact) mass is 398 g/mol. The van der Waals surface area contributed by atoms with Crippen molar-refractivity contribution in [3.8, 4) is 5.75 Å². The molecule has 0 saturated heterocycles. The van der Waals surface area contributed by atoms with Gasteiger partial charge in [0.2, 0.25) is 5.78 Å². The minimum absolute atomic E-state index is 0.105. The van der Waals surface area contributed by atoms with Crippen LogP contribution in [0, 0.1) is 11.8 Å². The highest BCUT2D eigenvalue weighted by Crippen LogP contribution is 2.57. The molecule has 3 aliphatic carbocycles. The van der Waals surface area contributed by atoms with Crippen molar-refractivity contribution in [1.82, 2.24) is 0 Å². The molecule has 0 radical (unpaired) electrons. The van der Waals surface area contributed by atoms with Gasteiger partial charge in [0, 0.05) is 23.8 Å². The lowest BCUT2D eigenvalue weighted by molar-refractivity contribution is -0.148. The van der Waals surface area contributed by atoms with Crippen LogP contribution < -0.4 is 0 Å². The third-order valence-corrected chi connectivity index (χ3v) is 6.81. The quantitative estimate of drug-likeness (QED) is 0.534. The molecular weight excluding hydrogens is 376 g/mol. The van der Waals surface area contributed by atoms with Crippen LogP contribution in [0.2, 0.25) is 0 Å². The SMILES string of the molecule is CC(=O)C1=C(O)[C@@]2(O)C(=O)C3=C(O)c4c(O)cccc4C(C)(C)[C@H]3C[C@H]2CC1=O. The minimum Gasteiger partial charge on any atom is -0.508 e. The molecule has 7 heteroatoms. The van der Waals surface area contributed by atoms with Gasteiger partial charge in [-0.15, -0.1) is 0 Å². The molecule has 152 valence electrons. The van der Waals surface area contributed by atoms with E-state index in [1.165, 1.54) is 6.07 Å². The molecule has 1 saturated carbocycles. The van der Waals surface area contributed by atoms with Crippen molar-refractivity contribution in [2.24, 2.45) is 11.8 Å². The minimum atomic E-state index is -2.47. The van der Waals surface area contributed by atoms with E-state index in [4.69, 9.17) is 0 Å². The number of benzene rings is 1. The van der Waals surface area contributed by atoms with Gasteiger partial charge in [-0.25, -0.2) is 0 Å². The van der Waals surface area contributed by atoms with Gasteiger partial charge in [0.05, 0.1) is 5.56 Å². The molecule has 0 aromatic heterocycles. The van der Waals surface area contributed by atoms with Gasteiger partial charge >= 0.3 is 0 Å². The maximum absolute atomic E-state index is 13.5. The molecule has 0 heterocycles. The van der Waals surface area contributed by atoms with Crippen molar-refractivity contribution < 1.29 is 34.8 Å². The summed E-state index contributed by atoms with van der Waals surface area (Å²) in [5.74, 6) is -5.37. The van der Waals surface area contributed by atoms with Crippen molar-refractivity contribution in [3.05, 3.63) is 46.2 Å². The number of phenolic OH excluding ortho intramolecular Hbond substituents is 1. The van der Waals surface area contributed by atoms with Gasteiger partial charge in [0.1, 0.15) is 22.8 Å². The number of fused-ring (bicyclic) bond motifs is 3. The van der Waals surface area contributed by atoms with Gasteiger partial charge < -0.3 is 20.4 Å². The number of ketones is 3. The van der Waals surface area contributed by atoms with Crippen LogP contribution in [0.15, 0.2) is 35.1 Å². The predicted molar refractivity (Wildman–Crippen MR) is 102 cm³/mol. The summed E-state index contributed by atoms with van der Waals surface area (Å²) >= 11 is 0. The van der Waals surface area contributed by atoms with Crippen LogP contribution in [0.3, 0.4) is 0 Å². The van der Waals surface area contributed by atoms with Crippen LogP contribution in [-0.4, -0.2) is 43.4 Å². The van der Waals surface area contributed by atoms with E-state index in [0.717, 1.165) is 6.92 Å². The maximum atomic E-state index is 13.5. The number of hydrogen-bond donors (Lipinski definition) is 4. The predicted octanol–water partition coefficient (Wildman–Crippen LogP) is 2.26. The lowest BCUT2D eigenvalue weighted by Crippen LogP contribution is -2.59. The average Bonchev–Trinajstić information content (AvgIpc) is 2.62. The number of aliphatic hydroxyl groups is 3. The first-order valence-electron chi connectivity index (χ1n) is 9.45. The van der Waals surface area contributed by atoms with Gasteiger partial charge in [-0.3, -0.25) is 14.4 Å². The van der Waals surface area contributed by atoms with E-state index < -0.39 is 57.3 Å². The van der Waals surface area contributed by atoms with E-state index in [-0.39, 0.29) is 29.7 Å². The highest BCUT2D eigenvalue weighted by Gasteiger charge is 2.62. The number of carbonyl (C=O) groups is 3. The first-order chi connectivity index (χ1) is 13.4. The first kappa shape index (κ1) is 19.4. The van der Waals surface area contributed by atoms with E-state index in [1.54, 1.807) is 12.1 Å². The summed E-state index contributed by atoms with van der Waals surface area (Å²) < 4.78 is 0. The van der Waals surface area contributed by atoms with E-state index >= 15 is 0 Å². The lowest BCUT2D eigenvalue weighted by Gasteiger charge is -2.51. The van der Waals surface area contributed by atoms with E-state index in [1.807, 2.05) is 13.8 Å². The third-order valence-electron chi connectivity index (χ3n) is 6.81. The standard InChI is InChI=1S/C22H22O7/c1-9(23)15-14(25)8-10-7-12-17(20(28)22(10,29)19(15)27)18(26)16-11(21(12,2)3)5-4-6-13(16)24/h4-6,10,12,24,26-27,29H,7-8H2,1-3H3/t10-,12-,22+/m0/s1. The molecule has 0 aliphatic heterocycles. The zero-order valence-electron chi connectivity index (χ0n) is 16.3. The topological polar surface area (TPSA) is 132 Å². The summed E-state index contributed by atoms with van der Waals surface area (Å²) in [5, 5.41) is 43.1. The number of aromatic hydroxyl groups is 1. The lowest BCUT2D eigenvalue weighted by atomic mass is 9.53. The molecular formula is C22H22O7. The molecule has 1 fully saturated rings. The number of carbonyl (C=O) groups excluding carboxylic acids is 3. The Kier molecular flexibility index (Phi) is 3.87. The largest absolute Gasteiger partial charge is 0.508 e. The van der Waals surface area contributed by atoms with Crippen LogP contribution in [-0.2, 0) is 19.8 Å². The van der Waals surface area contributed by atoms with Gasteiger partial charge in [-0.05, 0) is 30.4 Å². The fourth-order valence-corrected chi connectivity index (χ4v) is 5.24. The molecule has 0 unspecified atom stereocenters. The van der Waals surface area contributed by atoms with Crippen LogP contribution >= 0.6 is 0 Å². The van der Waals surface area contributed by atoms with Crippen molar-refractivity contribution in [2.75, 3.05) is 0 Å². The molecule has 7 nitrogen and oxygen atoms in total. The van der Waals surface area contributed by atoms with Crippen LogP contribution in [0.5, 0.6) is 5.75 Å². The molecule has 0 bridgehead atoms. The zero-order chi connectivity index (χ0) is 21.5. The second kappa shape index (κ2) is 5.79. The molecule has 1 aromatic carbocycles. The van der Waals surface area contributed by atoms with Gasteiger partial charge in [0.25, 0.3) is 0 Å². The van der Waals surface area contributed by atoms with Gasteiger partial charge in [-0.1, -0.05) is 26.0 Å². The number of phenols is 1. The van der Waals surface area contributed by atoms with Crippen LogP contribution in [0.25, 0.3) is 5.76 Å². The van der Waals surface area contributed by atoms with Gasteiger partial charge in [-0.2, -0.15) is 0 Å². The molecule has 3 atom stereocenters. The summed E-state index contributed by atoms with van der Waals surface area (Å²) in [5.41, 5.74) is -3.09. The summed E-state index contributed by atoms with van der Waals surface area (Å²) in [4.78, 5) is 37.7. The summed E-state index contributed by atoms with van der Waals surface area (Å²) in [7, 11) is 0. The number of Topliss-reactive ketones (excluding diaryl/α,β-unsaturated/α-hetero) is 3. The van der Waals surface area contributed by atoms with E-state index in [0.29, 0.717) is 5.56 Å². The normalized spacial score (nSPS) is 30.6. The molecule has 0 spiro atoms. The summed E-state index contributed by atoms with van der Waals surface area (Å²) in [6, 6.07) is 4.79. The average molecular weight is 398 g/mol. The maximum Gasteiger partial charge on any atom is 0.202 e. The molecule has 0 amide bonds. The summed E-state index contributed by atoms with van der Waals surface area (Å²) in [6.07, 6.45) is -0.112. The Bertz CT molecular complexity index is 1060. The molecule has 3 aliphatic rings. The van der Waals surface area contributed by atoms with E-state index in [2.05, 4.69) is 0 Å². The Morgan fingerprint density at radius 2 is 1.79 bits per heavy atom. The summed E-state index contributed by atoms with van der Waals surface area (Å²) in [6.45, 7) is 4.81. The molecule has 4 N–H and O–H groups in total. The Balaban J connectivity index is 2.01. The zero-order valence-corrected chi connectivity index (χ0v) is 16.3. The van der Waals surface area contributed by atoms with E-state index in [9.17, 15) is 34.8 Å².